The molecular weight excluding hydrogens is 254 g/mol. The van der Waals surface area contributed by atoms with E-state index in [0.717, 1.165) is 28.9 Å². The summed E-state index contributed by atoms with van der Waals surface area (Å²) in [6.07, 6.45) is 0. The van der Waals surface area contributed by atoms with Crippen LogP contribution >= 0.6 is 15.9 Å². The molecule has 0 heterocycles. The Morgan fingerprint density at radius 1 is 1.53 bits per heavy atom. The second kappa shape index (κ2) is 5.93. The summed E-state index contributed by atoms with van der Waals surface area (Å²) in [6.45, 7) is 7.44. The fraction of sp³-hybridized carbons (Fsp3) is 0.333. The number of methoxy groups -OCH3 is 1. The van der Waals surface area contributed by atoms with E-state index >= 15 is 0 Å². The summed E-state index contributed by atoms with van der Waals surface area (Å²) < 4.78 is 6.17. The molecule has 0 aliphatic heterocycles. The zero-order valence-corrected chi connectivity index (χ0v) is 10.7. The van der Waals surface area contributed by atoms with Gasteiger partial charge in [0, 0.05) is 17.6 Å². The van der Waals surface area contributed by atoms with Crippen LogP contribution in [0.5, 0.6) is 5.75 Å². The molecule has 0 unspecified atom stereocenters. The highest BCUT2D eigenvalue weighted by atomic mass is 79.9. The van der Waals surface area contributed by atoms with E-state index in [1.807, 2.05) is 13.0 Å². The van der Waals surface area contributed by atoms with Crippen LogP contribution in [0.1, 0.15) is 11.1 Å². The molecular formula is C12H16BrNO. The smallest absolute Gasteiger partial charge is 0.121 e. The zero-order valence-electron chi connectivity index (χ0n) is 9.14. The number of aryl methyl sites for hydroxylation is 1. The van der Waals surface area contributed by atoms with Crippen LogP contribution in [0.4, 0.5) is 0 Å². The van der Waals surface area contributed by atoms with Crippen LogP contribution in [0, 0.1) is 6.92 Å². The lowest BCUT2D eigenvalue weighted by Gasteiger charge is -2.08. The Labute approximate surface area is 99.5 Å². The maximum Gasteiger partial charge on any atom is 0.121 e. The van der Waals surface area contributed by atoms with Crippen molar-refractivity contribution in [3.05, 3.63) is 40.4 Å². The molecule has 0 amide bonds. The lowest BCUT2D eigenvalue weighted by Crippen LogP contribution is -2.14. The SMILES string of the molecule is C=C(Br)CNCc1ccc(OC)c(C)c1. The minimum atomic E-state index is 0.783. The first kappa shape index (κ1) is 12.3. The van der Waals surface area contributed by atoms with Crippen molar-refractivity contribution in [1.29, 1.82) is 0 Å². The van der Waals surface area contributed by atoms with Crippen LogP contribution in [0.25, 0.3) is 0 Å². The van der Waals surface area contributed by atoms with Gasteiger partial charge in [0.25, 0.3) is 0 Å². The molecule has 0 saturated heterocycles. The van der Waals surface area contributed by atoms with Crippen molar-refractivity contribution in [2.75, 3.05) is 13.7 Å². The van der Waals surface area contributed by atoms with Gasteiger partial charge in [-0.1, -0.05) is 34.6 Å². The molecule has 0 aliphatic carbocycles. The fourth-order valence-corrected chi connectivity index (χ4v) is 1.59. The lowest BCUT2D eigenvalue weighted by atomic mass is 10.1. The predicted molar refractivity (Wildman–Crippen MR) is 67.5 cm³/mol. The highest BCUT2D eigenvalue weighted by Crippen LogP contribution is 2.18. The Morgan fingerprint density at radius 3 is 2.80 bits per heavy atom. The molecule has 1 aromatic rings. The summed E-state index contributed by atoms with van der Waals surface area (Å²) in [6, 6.07) is 6.19. The molecule has 0 fully saturated rings. The average Bonchev–Trinajstić information content (AvgIpc) is 2.17. The normalized spacial score (nSPS) is 10.1. The summed E-state index contributed by atoms with van der Waals surface area (Å²) in [4.78, 5) is 0. The number of ether oxygens (including phenoxy) is 1. The minimum Gasteiger partial charge on any atom is -0.496 e. The van der Waals surface area contributed by atoms with Gasteiger partial charge in [-0.15, -0.1) is 0 Å². The molecule has 0 aromatic heterocycles. The molecule has 15 heavy (non-hydrogen) atoms. The van der Waals surface area contributed by atoms with Crippen LogP contribution in [-0.4, -0.2) is 13.7 Å². The Morgan fingerprint density at radius 2 is 2.27 bits per heavy atom. The maximum atomic E-state index is 5.20. The second-order valence-corrected chi connectivity index (χ2v) is 4.55. The van der Waals surface area contributed by atoms with Crippen LogP contribution in [0.15, 0.2) is 29.3 Å². The van der Waals surface area contributed by atoms with E-state index in [9.17, 15) is 0 Å². The maximum absolute atomic E-state index is 5.20. The number of nitrogens with one attached hydrogen (secondary N) is 1. The third-order valence-corrected chi connectivity index (χ3v) is 2.39. The molecule has 0 radical (unpaired) electrons. The highest BCUT2D eigenvalue weighted by molar-refractivity contribution is 9.11. The summed E-state index contributed by atoms with van der Waals surface area (Å²) in [5.74, 6) is 0.934. The Hall–Kier alpha value is -0.800. The van der Waals surface area contributed by atoms with E-state index in [0.29, 0.717) is 0 Å². The summed E-state index contributed by atoms with van der Waals surface area (Å²) in [5, 5.41) is 3.28. The molecule has 82 valence electrons. The molecule has 0 spiro atoms. The van der Waals surface area contributed by atoms with Gasteiger partial charge in [-0.05, 0) is 24.1 Å². The second-order valence-electron chi connectivity index (χ2n) is 3.42. The van der Waals surface area contributed by atoms with Crippen molar-refractivity contribution >= 4 is 15.9 Å². The van der Waals surface area contributed by atoms with Gasteiger partial charge in [-0.25, -0.2) is 0 Å². The van der Waals surface area contributed by atoms with Gasteiger partial charge < -0.3 is 10.1 Å². The van der Waals surface area contributed by atoms with Crippen LogP contribution in [0.2, 0.25) is 0 Å². The largest absolute Gasteiger partial charge is 0.496 e. The molecule has 1 rings (SSSR count). The van der Waals surface area contributed by atoms with Crippen molar-refractivity contribution in [2.45, 2.75) is 13.5 Å². The van der Waals surface area contributed by atoms with Gasteiger partial charge >= 0.3 is 0 Å². The van der Waals surface area contributed by atoms with E-state index < -0.39 is 0 Å². The highest BCUT2D eigenvalue weighted by Gasteiger charge is 1.99. The van der Waals surface area contributed by atoms with E-state index in [2.05, 4.69) is 40.0 Å². The topological polar surface area (TPSA) is 21.3 Å². The standard InChI is InChI=1S/C12H16BrNO/c1-9-6-11(4-5-12(9)15-3)8-14-7-10(2)13/h4-6,14H,2,7-8H2,1,3H3. The van der Waals surface area contributed by atoms with Crippen molar-refractivity contribution in [3.63, 3.8) is 0 Å². The van der Waals surface area contributed by atoms with Crippen LogP contribution < -0.4 is 10.1 Å². The van der Waals surface area contributed by atoms with E-state index in [-0.39, 0.29) is 0 Å². The Balaban J connectivity index is 2.55. The molecule has 2 nitrogen and oxygen atoms in total. The van der Waals surface area contributed by atoms with Crippen LogP contribution in [0.3, 0.4) is 0 Å². The number of halogens is 1. The first-order chi connectivity index (χ1) is 7.13. The molecule has 0 atom stereocenters. The summed E-state index contributed by atoms with van der Waals surface area (Å²) in [5.41, 5.74) is 2.41. The van der Waals surface area contributed by atoms with Gasteiger partial charge in [0.1, 0.15) is 5.75 Å². The Kier molecular flexibility index (Phi) is 4.85. The van der Waals surface area contributed by atoms with E-state index in [1.165, 1.54) is 5.56 Å². The zero-order chi connectivity index (χ0) is 11.3. The fourth-order valence-electron chi connectivity index (χ4n) is 1.39. The van der Waals surface area contributed by atoms with Crippen molar-refractivity contribution in [3.8, 4) is 5.75 Å². The number of benzene rings is 1. The molecule has 0 saturated carbocycles. The average molecular weight is 270 g/mol. The number of rotatable bonds is 5. The van der Waals surface area contributed by atoms with Crippen LogP contribution in [-0.2, 0) is 6.54 Å². The van der Waals surface area contributed by atoms with Gasteiger partial charge in [0.05, 0.1) is 7.11 Å². The number of hydrogen-bond acceptors (Lipinski definition) is 2. The third-order valence-electron chi connectivity index (χ3n) is 2.11. The monoisotopic (exact) mass is 269 g/mol. The first-order valence-corrected chi connectivity index (χ1v) is 5.60. The van der Waals surface area contributed by atoms with E-state index in [1.54, 1.807) is 7.11 Å². The van der Waals surface area contributed by atoms with E-state index in [4.69, 9.17) is 4.74 Å². The van der Waals surface area contributed by atoms with Gasteiger partial charge in [-0.3, -0.25) is 0 Å². The molecule has 0 aliphatic rings. The minimum absolute atomic E-state index is 0.783. The van der Waals surface area contributed by atoms with Gasteiger partial charge in [0.2, 0.25) is 0 Å². The lowest BCUT2D eigenvalue weighted by molar-refractivity contribution is 0.411. The van der Waals surface area contributed by atoms with Gasteiger partial charge in [0.15, 0.2) is 0 Å². The Bertz CT molecular complexity index is 349. The molecule has 1 N–H and O–H groups in total. The summed E-state index contributed by atoms with van der Waals surface area (Å²) >= 11 is 3.31. The molecule has 0 bridgehead atoms. The predicted octanol–water partition coefficient (Wildman–Crippen LogP) is 3.00. The van der Waals surface area contributed by atoms with Crippen molar-refractivity contribution < 1.29 is 4.74 Å². The quantitative estimate of drug-likeness (QED) is 0.888. The molecule has 3 heteroatoms. The van der Waals surface area contributed by atoms with Crippen molar-refractivity contribution in [2.24, 2.45) is 0 Å². The summed E-state index contributed by atoms with van der Waals surface area (Å²) in [7, 11) is 1.69. The van der Waals surface area contributed by atoms with Gasteiger partial charge in [-0.2, -0.15) is 0 Å². The van der Waals surface area contributed by atoms with Crippen molar-refractivity contribution in [1.82, 2.24) is 5.32 Å². The molecule has 1 aromatic carbocycles. The number of hydrogen-bond donors (Lipinski definition) is 1. The first-order valence-electron chi connectivity index (χ1n) is 4.81. The third kappa shape index (κ3) is 4.06.